The fraction of sp³-hybridized carbons (Fsp3) is 0.357. The molecule has 1 aromatic heterocycles. The molecule has 0 bridgehead atoms. The van der Waals surface area contributed by atoms with Gasteiger partial charge in [0, 0.05) is 6.54 Å². The monoisotopic (exact) mass is 246 g/mol. The van der Waals surface area contributed by atoms with Crippen LogP contribution in [0.1, 0.15) is 18.9 Å². The quantitative estimate of drug-likeness (QED) is 0.786. The van der Waals surface area contributed by atoms with Gasteiger partial charge in [-0.25, -0.2) is 0 Å². The van der Waals surface area contributed by atoms with Crippen molar-refractivity contribution in [1.29, 1.82) is 0 Å². The smallest absolute Gasteiger partial charge is 0.157 e. The Hall–Kier alpha value is -1.97. The van der Waals surface area contributed by atoms with Crippen molar-refractivity contribution in [2.75, 3.05) is 7.11 Å². The van der Waals surface area contributed by atoms with Gasteiger partial charge in [-0.05, 0) is 24.1 Å². The van der Waals surface area contributed by atoms with Crippen LogP contribution in [0.3, 0.4) is 0 Å². The third-order valence-electron chi connectivity index (χ3n) is 2.63. The number of aromatic nitrogens is 2. The molecule has 96 valence electrons. The summed E-state index contributed by atoms with van der Waals surface area (Å²) in [5.41, 5.74) is 1.11. The minimum atomic E-state index is 0.543. The predicted molar refractivity (Wildman–Crippen MR) is 69.8 cm³/mol. The number of benzene rings is 1. The second-order valence-corrected chi connectivity index (χ2v) is 4.08. The predicted octanol–water partition coefficient (Wildman–Crippen LogP) is 2.88. The highest BCUT2D eigenvalue weighted by molar-refractivity contribution is 5.27. The molecule has 0 spiro atoms. The Kier molecular flexibility index (Phi) is 4.23. The Morgan fingerprint density at radius 2 is 1.94 bits per heavy atom. The second kappa shape index (κ2) is 6.10. The Labute approximate surface area is 107 Å². The molecule has 0 atom stereocenters. The van der Waals surface area contributed by atoms with Gasteiger partial charge in [-0.1, -0.05) is 19.1 Å². The summed E-state index contributed by atoms with van der Waals surface area (Å²) in [4.78, 5) is 0. The summed E-state index contributed by atoms with van der Waals surface area (Å²) in [5.74, 6) is 1.66. The van der Waals surface area contributed by atoms with Gasteiger partial charge in [0.15, 0.2) is 5.75 Å². The number of nitrogens with zero attached hydrogens (tertiary/aromatic N) is 2. The van der Waals surface area contributed by atoms with Crippen molar-refractivity contribution in [2.24, 2.45) is 0 Å². The van der Waals surface area contributed by atoms with E-state index < -0.39 is 0 Å². The highest BCUT2D eigenvalue weighted by Gasteiger charge is 2.00. The van der Waals surface area contributed by atoms with E-state index in [9.17, 15) is 0 Å². The fourth-order valence-corrected chi connectivity index (χ4v) is 1.66. The van der Waals surface area contributed by atoms with E-state index >= 15 is 0 Å². The van der Waals surface area contributed by atoms with Crippen LogP contribution >= 0.6 is 0 Å². The third kappa shape index (κ3) is 3.26. The van der Waals surface area contributed by atoms with Crippen molar-refractivity contribution >= 4 is 0 Å². The number of rotatable bonds is 6. The first-order chi connectivity index (χ1) is 8.81. The first-order valence-electron chi connectivity index (χ1n) is 6.10. The molecule has 1 heterocycles. The van der Waals surface area contributed by atoms with Crippen LogP contribution in [0.2, 0.25) is 0 Å². The summed E-state index contributed by atoms with van der Waals surface area (Å²) in [7, 11) is 1.66. The summed E-state index contributed by atoms with van der Waals surface area (Å²) in [6.07, 6.45) is 4.74. The molecule has 0 unspecified atom stereocenters. The maximum Gasteiger partial charge on any atom is 0.157 e. The Morgan fingerprint density at radius 3 is 2.61 bits per heavy atom. The molecule has 4 heteroatoms. The van der Waals surface area contributed by atoms with Gasteiger partial charge in [0.05, 0.1) is 19.5 Å². The molecular formula is C14H18N2O2. The zero-order chi connectivity index (χ0) is 12.8. The Morgan fingerprint density at radius 1 is 1.17 bits per heavy atom. The number of hydrogen-bond donors (Lipinski definition) is 0. The van der Waals surface area contributed by atoms with Crippen molar-refractivity contribution in [2.45, 2.75) is 26.5 Å². The molecule has 0 saturated heterocycles. The van der Waals surface area contributed by atoms with Crippen molar-refractivity contribution in [3.05, 3.63) is 42.2 Å². The minimum Gasteiger partial charge on any atom is -0.497 e. The number of aryl methyl sites for hydroxylation is 1. The Bertz CT molecular complexity index is 477. The first kappa shape index (κ1) is 12.5. The van der Waals surface area contributed by atoms with Crippen molar-refractivity contribution in [3.8, 4) is 11.5 Å². The van der Waals surface area contributed by atoms with Gasteiger partial charge >= 0.3 is 0 Å². The van der Waals surface area contributed by atoms with Gasteiger partial charge in [-0.15, -0.1) is 0 Å². The molecule has 1 aromatic carbocycles. The standard InChI is InChI=1S/C14H18N2O2/c1-3-8-16-10-14(9-15-16)18-11-12-4-6-13(17-2)7-5-12/h4-7,9-10H,3,8,11H2,1-2H3. The molecule has 0 saturated carbocycles. The lowest BCUT2D eigenvalue weighted by Crippen LogP contribution is -1.96. The largest absolute Gasteiger partial charge is 0.497 e. The van der Waals surface area contributed by atoms with Crippen molar-refractivity contribution < 1.29 is 9.47 Å². The van der Waals surface area contributed by atoms with Crippen LogP contribution in [0.15, 0.2) is 36.7 Å². The van der Waals surface area contributed by atoms with E-state index in [1.54, 1.807) is 13.3 Å². The van der Waals surface area contributed by atoms with Crippen LogP contribution in [0, 0.1) is 0 Å². The average Bonchev–Trinajstić information content (AvgIpc) is 2.85. The highest BCUT2D eigenvalue weighted by Crippen LogP contribution is 2.14. The molecule has 0 aliphatic rings. The van der Waals surface area contributed by atoms with E-state index in [1.165, 1.54) is 0 Å². The van der Waals surface area contributed by atoms with E-state index in [0.29, 0.717) is 6.61 Å². The summed E-state index contributed by atoms with van der Waals surface area (Å²) >= 11 is 0. The molecule has 0 fully saturated rings. The van der Waals surface area contributed by atoms with Gasteiger partial charge in [-0.3, -0.25) is 4.68 Å². The zero-order valence-electron chi connectivity index (χ0n) is 10.8. The van der Waals surface area contributed by atoms with Crippen LogP contribution in [0.25, 0.3) is 0 Å². The van der Waals surface area contributed by atoms with E-state index in [4.69, 9.17) is 9.47 Å². The second-order valence-electron chi connectivity index (χ2n) is 4.08. The summed E-state index contributed by atoms with van der Waals surface area (Å²) in [5, 5.41) is 4.22. The van der Waals surface area contributed by atoms with Crippen molar-refractivity contribution in [3.63, 3.8) is 0 Å². The zero-order valence-corrected chi connectivity index (χ0v) is 10.8. The van der Waals surface area contributed by atoms with Gasteiger partial charge < -0.3 is 9.47 Å². The van der Waals surface area contributed by atoms with Gasteiger partial charge in [0.1, 0.15) is 12.4 Å². The molecule has 0 aliphatic heterocycles. The molecule has 2 rings (SSSR count). The number of ether oxygens (including phenoxy) is 2. The van der Waals surface area contributed by atoms with E-state index in [2.05, 4.69) is 12.0 Å². The minimum absolute atomic E-state index is 0.543. The van der Waals surface area contributed by atoms with Gasteiger partial charge in [0.2, 0.25) is 0 Å². The van der Waals surface area contributed by atoms with Crippen LogP contribution in [-0.2, 0) is 13.2 Å². The number of methoxy groups -OCH3 is 1. The van der Waals surface area contributed by atoms with E-state index in [0.717, 1.165) is 30.0 Å². The van der Waals surface area contributed by atoms with Crippen LogP contribution < -0.4 is 9.47 Å². The third-order valence-corrected chi connectivity index (χ3v) is 2.63. The lowest BCUT2D eigenvalue weighted by Gasteiger charge is -2.04. The maximum absolute atomic E-state index is 5.67. The molecule has 0 amide bonds. The molecule has 18 heavy (non-hydrogen) atoms. The fourth-order valence-electron chi connectivity index (χ4n) is 1.66. The topological polar surface area (TPSA) is 36.3 Å². The molecular weight excluding hydrogens is 228 g/mol. The first-order valence-corrected chi connectivity index (χ1v) is 6.10. The SMILES string of the molecule is CCCn1cc(OCc2ccc(OC)cc2)cn1. The number of hydrogen-bond acceptors (Lipinski definition) is 3. The van der Waals surface area contributed by atoms with Crippen LogP contribution in [-0.4, -0.2) is 16.9 Å². The highest BCUT2D eigenvalue weighted by atomic mass is 16.5. The lowest BCUT2D eigenvalue weighted by molar-refractivity contribution is 0.305. The van der Waals surface area contributed by atoms with Gasteiger partial charge in [0.25, 0.3) is 0 Å². The molecule has 0 aliphatic carbocycles. The lowest BCUT2D eigenvalue weighted by atomic mass is 10.2. The maximum atomic E-state index is 5.67. The Balaban J connectivity index is 1.89. The normalized spacial score (nSPS) is 10.3. The van der Waals surface area contributed by atoms with Crippen LogP contribution in [0.4, 0.5) is 0 Å². The molecule has 0 radical (unpaired) electrons. The summed E-state index contributed by atoms with van der Waals surface area (Å²) in [6.45, 7) is 3.59. The van der Waals surface area contributed by atoms with Gasteiger partial charge in [-0.2, -0.15) is 5.10 Å². The van der Waals surface area contributed by atoms with Crippen molar-refractivity contribution in [1.82, 2.24) is 9.78 Å². The molecule has 4 nitrogen and oxygen atoms in total. The van der Waals surface area contributed by atoms with E-state index in [1.807, 2.05) is 35.1 Å². The average molecular weight is 246 g/mol. The van der Waals surface area contributed by atoms with E-state index in [-0.39, 0.29) is 0 Å². The molecule has 0 N–H and O–H groups in total. The molecule has 2 aromatic rings. The van der Waals surface area contributed by atoms with Crippen LogP contribution in [0.5, 0.6) is 11.5 Å². The summed E-state index contributed by atoms with van der Waals surface area (Å²) < 4.78 is 12.7. The summed E-state index contributed by atoms with van der Waals surface area (Å²) in [6, 6.07) is 7.85.